The van der Waals surface area contributed by atoms with E-state index in [9.17, 15) is 39.3 Å². The minimum atomic E-state index is -3.43. The van der Waals surface area contributed by atoms with Crippen LogP contribution in [0.25, 0.3) is 0 Å². The third-order valence-electron chi connectivity index (χ3n) is 7.84. The van der Waals surface area contributed by atoms with Crippen molar-refractivity contribution in [2.75, 3.05) is 6.54 Å². The predicted octanol–water partition coefficient (Wildman–Crippen LogP) is 4.49. The zero-order valence-corrected chi connectivity index (χ0v) is 27.5. The SMILES string of the molecule is C[C@H]([C@H](CCc1ccccc1)c1ccc(Oc2ccccc2)cc1)N(CC(=O)O)C(=O)[C@H]1OC(C(=O)O)(C(=O)O)O[C@@H]1C(=O)OC(C)(C)C. The molecule has 0 saturated carbocycles. The van der Waals surface area contributed by atoms with Crippen LogP contribution in [0, 0.1) is 0 Å². The van der Waals surface area contributed by atoms with E-state index in [0.29, 0.717) is 24.3 Å². The maximum atomic E-state index is 14.2. The normalized spacial score (nSPS) is 18.1. The molecule has 49 heavy (non-hydrogen) atoms. The standard InChI is InChI=1S/C36H39NO12/c1-22(27(20-15-23-11-7-5-8-12-23)24-16-18-26(19-17-24)46-25-13-9-6-10-14-25)37(21-28(38)39)31(40)29-30(32(41)49-35(2,3)4)48-36(47-29,33(42)43)34(44)45/h5-14,16-19,22,27,29-30H,15,20-21H2,1-4H3,(H,38,39)(H,42,43)(H,44,45)/t22-,27+,29+,30+/m1/s1. The molecule has 0 radical (unpaired) electrons. The molecule has 0 bridgehead atoms. The van der Waals surface area contributed by atoms with Crippen molar-refractivity contribution in [3.8, 4) is 11.5 Å². The molecular weight excluding hydrogens is 638 g/mol. The fourth-order valence-corrected chi connectivity index (χ4v) is 5.52. The lowest BCUT2D eigenvalue weighted by molar-refractivity contribution is -0.221. The number of nitrogens with zero attached hydrogens (tertiary/aromatic N) is 1. The number of carboxylic acids is 3. The predicted molar refractivity (Wildman–Crippen MR) is 173 cm³/mol. The van der Waals surface area contributed by atoms with Crippen molar-refractivity contribution in [3.63, 3.8) is 0 Å². The Kier molecular flexibility index (Phi) is 11.4. The summed E-state index contributed by atoms with van der Waals surface area (Å²) in [5, 5.41) is 29.5. The molecule has 0 aromatic heterocycles. The van der Waals surface area contributed by atoms with Crippen LogP contribution in [0.3, 0.4) is 0 Å². The molecule has 1 saturated heterocycles. The number of para-hydroxylation sites is 1. The van der Waals surface area contributed by atoms with Crippen molar-refractivity contribution in [2.24, 2.45) is 0 Å². The van der Waals surface area contributed by atoms with E-state index >= 15 is 0 Å². The Balaban J connectivity index is 1.72. The smallest absolute Gasteiger partial charge is 0.377 e. The van der Waals surface area contributed by atoms with Crippen LogP contribution in [0.1, 0.15) is 51.2 Å². The third kappa shape index (κ3) is 9.00. The Labute approximate surface area is 283 Å². The fourth-order valence-electron chi connectivity index (χ4n) is 5.52. The first kappa shape index (κ1) is 36.6. The molecule has 1 fully saturated rings. The van der Waals surface area contributed by atoms with Crippen LogP contribution < -0.4 is 4.74 Å². The number of ether oxygens (including phenoxy) is 4. The molecule has 1 amide bonds. The summed E-state index contributed by atoms with van der Waals surface area (Å²) in [5.74, 6) is -10.9. The van der Waals surface area contributed by atoms with Crippen molar-refractivity contribution in [3.05, 3.63) is 96.1 Å². The third-order valence-corrected chi connectivity index (χ3v) is 7.84. The van der Waals surface area contributed by atoms with Gasteiger partial charge in [0.15, 0.2) is 12.2 Å². The maximum Gasteiger partial charge on any atom is 0.377 e. The first-order valence-electron chi connectivity index (χ1n) is 15.6. The van der Waals surface area contributed by atoms with E-state index in [2.05, 4.69) is 0 Å². The highest BCUT2D eigenvalue weighted by Gasteiger charge is 2.65. The van der Waals surface area contributed by atoms with Crippen molar-refractivity contribution in [2.45, 2.75) is 76.1 Å². The first-order chi connectivity index (χ1) is 23.1. The molecule has 1 aliphatic rings. The van der Waals surface area contributed by atoms with Gasteiger partial charge in [0.05, 0.1) is 0 Å². The van der Waals surface area contributed by atoms with E-state index in [-0.39, 0.29) is 0 Å². The molecular formula is C36H39NO12. The lowest BCUT2D eigenvalue weighted by Gasteiger charge is -2.36. The second kappa shape index (κ2) is 15.3. The van der Waals surface area contributed by atoms with Gasteiger partial charge >= 0.3 is 29.7 Å². The van der Waals surface area contributed by atoms with Gasteiger partial charge in [-0.25, -0.2) is 14.4 Å². The van der Waals surface area contributed by atoms with E-state index in [1.165, 1.54) is 20.8 Å². The number of hydrogen-bond donors (Lipinski definition) is 3. The second-order valence-electron chi connectivity index (χ2n) is 12.6. The van der Waals surface area contributed by atoms with Gasteiger partial charge in [0.25, 0.3) is 5.91 Å². The number of carbonyl (C=O) groups excluding carboxylic acids is 2. The van der Waals surface area contributed by atoms with E-state index in [1.54, 1.807) is 43.3 Å². The number of rotatable bonds is 14. The van der Waals surface area contributed by atoms with Crippen LogP contribution >= 0.6 is 0 Å². The van der Waals surface area contributed by atoms with Gasteiger partial charge in [-0.1, -0.05) is 60.7 Å². The highest BCUT2D eigenvalue weighted by molar-refractivity contribution is 6.02. The van der Waals surface area contributed by atoms with Gasteiger partial charge in [0.1, 0.15) is 23.6 Å². The van der Waals surface area contributed by atoms with Crippen molar-refractivity contribution >= 4 is 29.8 Å². The Morgan fingerprint density at radius 3 is 1.86 bits per heavy atom. The summed E-state index contributed by atoms with van der Waals surface area (Å²) in [6.07, 6.45) is -3.34. The molecule has 3 aromatic rings. The van der Waals surface area contributed by atoms with Crippen molar-refractivity contribution in [1.29, 1.82) is 0 Å². The van der Waals surface area contributed by atoms with Gasteiger partial charge in [0.2, 0.25) is 0 Å². The summed E-state index contributed by atoms with van der Waals surface area (Å²) in [6, 6.07) is 24.8. The lowest BCUT2D eigenvalue weighted by Crippen LogP contribution is -2.53. The molecule has 3 aromatic carbocycles. The van der Waals surface area contributed by atoms with Gasteiger partial charge in [-0.3, -0.25) is 9.59 Å². The first-order valence-corrected chi connectivity index (χ1v) is 15.6. The van der Waals surface area contributed by atoms with Crippen LogP contribution in [0.2, 0.25) is 0 Å². The number of carbonyl (C=O) groups is 5. The molecule has 0 spiro atoms. The zero-order chi connectivity index (χ0) is 35.9. The van der Waals surface area contributed by atoms with Gasteiger partial charge in [-0.2, -0.15) is 0 Å². The zero-order valence-electron chi connectivity index (χ0n) is 27.5. The quantitative estimate of drug-likeness (QED) is 0.161. The van der Waals surface area contributed by atoms with E-state index < -0.39 is 71.9 Å². The minimum absolute atomic E-state index is 0.430. The number of benzene rings is 3. The summed E-state index contributed by atoms with van der Waals surface area (Å²) < 4.78 is 21.6. The monoisotopic (exact) mass is 677 g/mol. The molecule has 13 heteroatoms. The summed E-state index contributed by atoms with van der Waals surface area (Å²) in [5.41, 5.74) is 0.577. The molecule has 1 heterocycles. The van der Waals surface area contributed by atoms with E-state index in [4.69, 9.17) is 18.9 Å². The summed E-state index contributed by atoms with van der Waals surface area (Å²) >= 11 is 0. The largest absolute Gasteiger partial charge is 0.480 e. The summed E-state index contributed by atoms with van der Waals surface area (Å²) in [4.78, 5) is 64.8. The molecule has 260 valence electrons. The summed E-state index contributed by atoms with van der Waals surface area (Å²) in [6.45, 7) is 5.25. The molecule has 4 rings (SSSR count). The van der Waals surface area contributed by atoms with E-state index in [0.717, 1.165) is 16.0 Å². The molecule has 3 N–H and O–H groups in total. The lowest BCUT2D eigenvalue weighted by atomic mass is 9.85. The molecule has 1 aliphatic heterocycles. The van der Waals surface area contributed by atoms with Crippen LogP contribution in [0.4, 0.5) is 0 Å². The topological polar surface area (TPSA) is 186 Å². The maximum absolute atomic E-state index is 14.2. The molecule has 0 aliphatic carbocycles. The van der Waals surface area contributed by atoms with Crippen LogP contribution in [-0.4, -0.2) is 86.2 Å². The van der Waals surface area contributed by atoms with Gasteiger partial charge in [0, 0.05) is 12.0 Å². The number of aryl methyl sites for hydroxylation is 1. The van der Waals surface area contributed by atoms with E-state index in [1.807, 2.05) is 48.5 Å². The minimum Gasteiger partial charge on any atom is -0.480 e. The Morgan fingerprint density at radius 1 is 0.796 bits per heavy atom. The Hall–Kier alpha value is -5.27. The Bertz CT molecular complexity index is 1620. The molecule has 4 atom stereocenters. The molecule has 13 nitrogen and oxygen atoms in total. The van der Waals surface area contributed by atoms with Crippen LogP contribution in [0.15, 0.2) is 84.9 Å². The Morgan fingerprint density at radius 2 is 1.33 bits per heavy atom. The molecule has 0 unspecified atom stereocenters. The van der Waals surface area contributed by atoms with Crippen LogP contribution in [0.5, 0.6) is 11.5 Å². The van der Waals surface area contributed by atoms with Gasteiger partial charge < -0.3 is 39.2 Å². The number of esters is 1. The van der Waals surface area contributed by atoms with Crippen molar-refractivity contribution in [1.82, 2.24) is 4.90 Å². The number of aliphatic carboxylic acids is 3. The average Bonchev–Trinajstić information content (AvgIpc) is 3.47. The highest BCUT2D eigenvalue weighted by atomic mass is 16.8. The number of amides is 1. The summed E-state index contributed by atoms with van der Waals surface area (Å²) in [7, 11) is 0. The van der Waals surface area contributed by atoms with Gasteiger partial charge in [-0.15, -0.1) is 0 Å². The highest BCUT2D eigenvalue weighted by Crippen LogP contribution is 2.36. The number of hydrogen-bond acceptors (Lipinski definition) is 9. The van der Waals surface area contributed by atoms with Crippen molar-refractivity contribution < 1.29 is 58.2 Å². The average molecular weight is 678 g/mol. The van der Waals surface area contributed by atoms with Crippen LogP contribution in [-0.2, 0) is 44.6 Å². The number of carboxylic acid groups (broad SMARTS) is 3. The second-order valence-corrected chi connectivity index (χ2v) is 12.6. The van der Waals surface area contributed by atoms with Gasteiger partial charge in [-0.05, 0) is 75.9 Å². The fraction of sp³-hybridized carbons (Fsp3) is 0.361.